The van der Waals surface area contributed by atoms with Crippen molar-refractivity contribution >= 4 is 17.7 Å². The average molecular weight is 346 g/mol. The van der Waals surface area contributed by atoms with Crippen molar-refractivity contribution in [3.05, 3.63) is 30.1 Å². The first-order valence-corrected chi connectivity index (χ1v) is 8.21. The molecule has 1 aromatic rings. The normalized spacial score (nSPS) is 27.0. The summed E-state index contributed by atoms with van der Waals surface area (Å²) in [5.74, 6) is -1.75. The van der Waals surface area contributed by atoms with Crippen molar-refractivity contribution in [3.63, 3.8) is 0 Å². The van der Waals surface area contributed by atoms with Crippen molar-refractivity contribution in [3.8, 4) is 0 Å². The fourth-order valence-corrected chi connectivity index (χ4v) is 3.47. The van der Waals surface area contributed by atoms with E-state index in [0.717, 1.165) is 5.56 Å². The molecule has 8 nitrogen and oxygen atoms in total. The van der Waals surface area contributed by atoms with Gasteiger partial charge in [-0.25, -0.2) is 0 Å². The number of hydrogen-bond donors (Lipinski definition) is 1. The van der Waals surface area contributed by atoms with Crippen molar-refractivity contribution in [1.29, 1.82) is 0 Å². The average Bonchev–Trinajstić information content (AvgIpc) is 3.02. The van der Waals surface area contributed by atoms with Gasteiger partial charge in [0.05, 0.1) is 12.0 Å². The SMILES string of the molecule is CC(C)(C)N1C(=O)C2ON(CCC(N)=O)C(c3cccnc3)C2C1=O. The van der Waals surface area contributed by atoms with Gasteiger partial charge in [-0.15, -0.1) is 0 Å². The van der Waals surface area contributed by atoms with E-state index in [1.807, 2.05) is 26.8 Å². The molecule has 3 heterocycles. The van der Waals surface area contributed by atoms with E-state index in [2.05, 4.69) is 4.98 Å². The first-order chi connectivity index (χ1) is 11.7. The zero-order chi connectivity index (χ0) is 18.4. The van der Waals surface area contributed by atoms with Crippen LogP contribution in [0.3, 0.4) is 0 Å². The van der Waals surface area contributed by atoms with Gasteiger partial charge in [-0.05, 0) is 32.4 Å². The van der Waals surface area contributed by atoms with Gasteiger partial charge in [0.25, 0.3) is 5.91 Å². The number of fused-ring (bicyclic) bond motifs is 1. The molecule has 134 valence electrons. The Kier molecular flexibility index (Phi) is 4.34. The quantitative estimate of drug-likeness (QED) is 0.791. The predicted molar refractivity (Wildman–Crippen MR) is 87.5 cm³/mol. The van der Waals surface area contributed by atoms with Gasteiger partial charge in [0, 0.05) is 30.9 Å². The number of primary amides is 1. The lowest BCUT2D eigenvalue weighted by atomic mass is 9.91. The molecular formula is C17H22N4O4. The van der Waals surface area contributed by atoms with Gasteiger partial charge >= 0.3 is 0 Å². The second-order valence-corrected chi connectivity index (χ2v) is 7.32. The molecule has 3 amide bonds. The summed E-state index contributed by atoms with van der Waals surface area (Å²) in [6.45, 7) is 5.65. The van der Waals surface area contributed by atoms with Crippen molar-refractivity contribution in [2.24, 2.45) is 11.7 Å². The summed E-state index contributed by atoms with van der Waals surface area (Å²) in [5.41, 5.74) is 5.36. The third kappa shape index (κ3) is 3.03. The van der Waals surface area contributed by atoms with Crippen LogP contribution in [0.25, 0.3) is 0 Å². The number of aromatic nitrogens is 1. The summed E-state index contributed by atoms with van der Waals surface area (Å²) in [5, 5.41) is 1.52. The van der Waals surface area contributed by atoms with Crippen LogP contribution in [0, 0.1) is 5.92 Å². The van der Waals surface area contributed by atoms with Crippen LogP contribution < -0.4 is 5.73 Å². The minimum Gasteiger partial charge on any atom is -0.370 e. The molecule has 0 radical (unpaired) electrons. The van der Waals surface area contributed by atoms with E-state index < -0.39 is 29.5 Å². The van der Waals surface area contributed by atoms with Gasteiger partial charge in [-0.2, -0.15) is 5.06 Å². The van der Waals surface area contributed by atoms with Gasteiger partial charge in [0.1, 0.15) is 0 Å². The van der Waals surface area contributed by atoms with Gasteiger partial charge in [0.15, 0.2) is 6.10 Å². The highest BCUT2D eigenvalue weighted by Gasteiger charge is 2.61. The van der Waals surface area contributed by atoms with Crippen molar-refractivity contribution in [2.75, 3.05) is 6.54 Å². The Morgan fingerprint density at radius 2 is 2.04 bits per heavy atom. The maximum atomic E-state index is 13.0. The Morgan fingerprint density at radius 3 is 2.60 bits per heavy atom. The lowest BCUT2D eigenvalue weighted by molar-refractivity contribution is -0.182. The molecule has 2 saturated heterocycles. The van der Waals surface area contributed by atoms with Crippen LogP contribution in [0.5, 0.6) is 0 Å². The van der Waals surface area contributed by atoms with E-state index in [-0.39, 0.29) is 24.8 Å². The molecule has 3 atom stereocenters. The number of amides is 3. The van der Waals surface area contributed by atoms with Gasteiger partial charge in [-0.3, -0.25) is 29.1 Å². The number of nitrogens with zero attached hydrogens (tertiary/aromatic N) is 3. The highest BCUT2D eigenvalue weighted by atomic mass is 16.7. The van der Waals surface area contributed by atoms with E-state index in [1.54, 1.807) is 18.5 Å². The highest BCUT2D eigenvalue weighted by Crippen LogP contribution is 2.45. The third-order valence-corrected chi connectivity index (χ3v) is 4.47. The maximum absolute atomic E-state index is 13.0. The van der Waals surface area contributed by atoms with E-state index in [4.69, 9.17) is 10.6 Å². The molecule has 0 saturated carbocycles. The Bertz CT molecular complexity index is 700. The minimum atomic E-state index is -0.884. The molecule has 0 bridgehead atoms. The molecule has 1 aromatic heterocycles. The van der Waals surface area contributed by atoms with Crippen LogP contribution in [0.2, 0.25) is 0 Å². The number of carbonyl (C=O) groups excluding carboxylic acids is 3. The molecule has 8 heteroatoms. The van der Waals surface area contributed by atoms with Crippen molar-refractivity contribution in [1.82, 2.24) is 14.9 Å². The number of likely N-dealkylation sites (tertiary alicyclic amines) is 1. The predicted octanol–water partition coefficient (Wildman–Crippen LogP) is 0.397. The van der Waals surface area contributed by atoms with Gasteiger partial charge in [0.2, 0.25) is 11.8 Å². The Hall–Kier alpha value is -2.32. The van der Waals surface area contributed by atoms with Crippen LogP contribution >= 0.6 is 0 Å². The summed E-state index contributed by atoms with van der Waals surface area (Å²) < 4.78 is 0. The van der Waals surface area contributed by atoms with E-state index >= 15 is 0 Å². The monoisotopic (exact) mass is 346 g/mol. The van der Waals surface area contributed by atoms with E-state index in [9.17, 15) is 14.4 Å². The number of hydrogen-bond acceptors (Lipinski definition) is 6. The second kappa shape index (κ2) is 6.20. The topological polar surface area (TPSA) is 106 Å². The fraction of sp³-hybridized carbons (Fsp3) is 0.529. The molecule has 25 heavy (non-hydrogen) atoms. The number of rotatable bonds is 4. The molecule has 0 aliphatic carbocycles. The number of carbonyl (C=O) groups is 3. The number of imide groups is 1. The first-order valence-electron chi connectivity index (χ1n) is 8.21. The van der Waals surface area contributed by atoms with Crippen molar-refractivity contribution < 1.29 is 19.2 Å². The molecular weight excluding hydrogens is 324 g/mol. The summed E-state index contributed by atoms with van der Waals surface area (Å²) >= 11 is 0. The van der Waals surface area contributed by atoms with Crippen LogP contribution in [0.4, 0.5) is 0 Å². The van der Waals surface area contributed by atoms with E-state index in [0.29, 0.717) is 0 Å². The summed E-state index contributed by atoms with van der Waals surface area (Å²) in [6.07, 6.45) is 2.46. The highest BCUT2D eigenvalue weighted by molar-refractivity contribution is 6.08. The molecule has 3 rings (SSSR count). The molecule has 2 fully saturated rings. The van der Waals surface area contributed by atoms with Crippen molar-refractivity contribution in [2.45, 2.75) is 44.9 Å². The molecule has 3 unspecified atom stereocenters. The van der Waals surface area contributed by atoms with Gasteiger partial charge < -0.3 is 5.73 Å². The largest absolute Gasteiger partial charge is 0.370 e. The van der Waals surface area contributed by atoms with Crippen LogP contribution in [0.1, 0.15) is 38.8 Å². The van der Waals surface area contributed by atoms with Crippen LogP contribution in [0.15, 0.2) is 24.5 Å². The maximum Gasteiger partial charge on any atom is 0.261 e. The third-order valence-electron chi connectivity index (χ3n) is 4.47. The zero-order valence-electron chi connectivity index (χ0n) is 14.5. The first kappa shape index (κ1) is 17.5. The standard InChI is InChI=1S/C17H22N4O4/c1-17(2,3)21-15(23)12-13(10-5-4-7-19-9-10)20(8-6-11(18)22)25-14(12)16(21)24/h4-5,7,9,12-14H,6,8H2,1-3H3,(H2,18,22). The molecule has 2 aliphatic rings. The Morgan fingerprint density at radius 1 is 1.32 bits per heavy atom. The zero-order valence-corrected chi connectivity index (χ0v) is 14.5. The van der Waals surface area contributed by atoms with Crippen LogP contribution in [-0.4, -0.2) is 50.9 Å². The number of nitrogens with two attached hydrogens (primary N) is 1. The molecule has 2 aliphatic heterocycles. The Balaban J connectivity index is 1.96. The molecule has 0 aromatic carbocycles. The smallest absolute Gasteiger partial charge is 0.261 e. The fourth-order valence-electron chi connectivity index (χ4n) is 3.47. The number of pyridine rings is 1. The lowest BCUT2D eigenvalue weighted by Gasteiger charge is -2.33. The molecule has 2 N–H and O–H groups in total. The van der Waals surface area contributed by atoms with Gasteiger partial charge in [-0.1, -0.05) is 6.07 Å². The van der Waals surface area contributed by atoms with E-state index in [1.165, 1.54) is 9.96 Å². The summed E-state index contributed by atoms with van der Waals surface area (Å²) in [6, 6.07) is 3.11. The minimum absolute atomic E-state index is 0.0710. The Labute approximate surface area is 145 Å². The second-order valence-electron chi connectivity index (χ2n) is 7.32. The number of hydroxylamine groups is 2. The van der Waals surface area contributed by atoms with Crippen LogP contribution in [-0.2, 0) is 19.2 Å². The lowest BCUT2D eigenvalue weighted by Crippen LogP contribution is -2.48. The molecule has 0 spiro atoms. The summed E-state index contributed by atoms with van der Waals surface area (Å²) in [4.78, 5) is 48.1. The summed E-state index contributed by atoms with van der Waals surface area (Å²) in [7, 11) is 0.